The number of hydrogen-bond donors (Lipinski definition) is 1. The Hall–Kier alpha value is -0.940. The summed E-state index contributed by atoms with van der Waals surface area (Å²) in [6, 6.07) is 9.51. The Balaban J connectivity index is 0.00000264. The third kappa shape index (κ3) is 3.77. The van der Waals surface area contributed by atoms with E-state index in [1.165, 1.54) is 0 Å². The summed E-state index contributed by atoms with van der Waals surface area (Å²) in [5, 5.41) is 0. The van der Waals surface area contributed by atoms with E-state index in [2.05, 4.69) is 0 Å². The molecule has 2 aromatic rings. The molecule has 4 nitrogen and oxygen atoms in total. The Bertz CT molecular complexity index is 689. The van der Waals surface area contributed by atoms with E-state index in [9.17, 15) is 4.79 Å². The highest BCUT2D eigenvalue weighted by Gasteiger charge is 2.34. The third-order valence-corrected chi connectivity index (χ3v) is 4.51. The van der Waals surface area contributed by atoms with Crippen LogP contribution in [0, 0.1) is 6.92 Å². The van der Waals surface area contributed by atoms with E-state index >= 15 is 0 Å². The summed E-state index contributed by atoms with van der Waals surface area (Å²) in [6.07, 6.45) is 1.02. The van der Waals surface area contributed by atoms with Crippen LogP contribution < -0.4 is 11.3 Å². The molecule has 0 bridgehead atoms. The average Bonchev–Trinajstić information content (AvgIpc) is 2.71. The van der Waals surface area contributed by atoms with Crippen molar-refractivity contribution in [3.8, 4) is 5.69 Å². The highest BCUT2D eigenvalue weighted by Crippen LogP contribution is 2.28. The molecule has 0 amide bonds. The van der Waals surface area contributed by atoms with Crippen LogP contribution >= 0.6 is 35.6 Å². The van der Waals surface area contributed by atoms with Crippen molar-refractivity contribution in [2.75, 3.05) is 11.8 Å². The fourth-order valence-corrected chi connectivity index (χ4v) is 3.53. The van der Waals surface area contributed by atoms with E-state index in [0.717, 1.165) is 11.4 Å². The van der Waals surface area contributed by atoms with Gasteiger partial charge in [-0.25, -0.2) is 4.68 Å². The minimum absolute atomic E-state index is 0. The highest BCUT2D eigenvalue weighted by molar-refractivity contribution is 6.18. The van der Waals surface area contributed by atoms with Gasteiger partial charge in [0, 0.05) is 24.5 Å². The van der Waals surface area contributed by atoms with Gasteiger partial charge in [-0.15, -0.1) is 35.6 Å². The predicted octanol–water partition coefficient (Wildman–Crippen LogP) is 3.32. The minimum Gasteiger partial charge on any atom is -0.321 e. The first kappa shape index (κ1) is 20.1. The number of nitrogens with two attached hydrogens (primary N) is 1. The normalized spacial score (nSPS) is 11.3. The van der Waals surface area contributed by atoms with Gasteiger partial charge in [-0.05, 0) is 31.9 Å². The Kier molecular flexibility index (Phi) is 7.21. The number of benzene rings is 1. The second-order valence-corrected chi connectivity index (χ2v) is 6.23. The number of nitrogens with zero attached hydrogens (tertiary/aromatic N) is 2. The molecule has 0 atom stereocenters. The summed E-state index contributed by atoms with van der Waals surface area (Å²) in [5.74, 6) is 0.763. The lowest BCUT2D eigenvalue weighted by Crippen LogP contribution is -2.42. The highest BCUT2D eigenvalue weighted by atomic mass is 35.5. The van der Waals surface area contributed by atoms with Gasteiger partial charge in [0.2, 0.25) is 0 Å². The van der Waals surface area contributed by atoms with Crippen molar-refractivity contribution < 1.29 is 0 Å². The van der Waals surface area contributed by atoms with Crippen LogP contribution in [-0.2, 0) is 12.6 Å². The molecule has 0 radical (unpaired) electrons. The van der Waals surface area contributed by atoms with Crippen molar-refractivity contribution in [1.82, 2.24) is 9.36 Å². The summed E-state index contributed by atoms with van der Waals surface area (Å²) >= 11 is 11.8. The van der Waals surface area contributed by atoms with E-state index in [1.807, 2.05) is 49.0 Å². The molecule has 0 aliphatic rings. The Morgan fingerprint density at radius 2 is 1.65 bits per heavy atom. The SMILES string of the molecule is Cc1c(C(N)(CCCl)CCCl)c(=O)n(-c2ccccc2)n1C.Cl. The summed E-state index contributed by atoms with van der Waals surface area (Å²) in [6.45, 7) is 1.90. The van der Waals surface area contributed by atoms with Gasteiger partial charge in [0.15, 0.2) is 0 Å². The standard InChI is InChI=1S/C16H21Cl2N3O.ClH/c1-12-14(16(19,8-10-17)9-11-18)15(22)21(20(12)2)13-6-4-3-5-7-13;/h3-7H,8-11,19H2,1-2H3;1H. The third-order valence-electron chi connectivity index (χ3n) is 4.13. The molecule has 0 spiro atoms. The first-order valence-corrected chi connectivity index (χ1v) is 8.28. The fraction of sp³-hybridized carbons (Fsp3) is 0.438. The van der Waals surface area contributed by atoms with Crippen molar-refractivity contribution in [1.29, 1.82) is 0 Å². The van der Waals surface area contributed by atoms with Crippen molar-refractivity contribution in [2.24, 2.45) is 12.8 Å². The predicted molar refractivity (Wildman–Crippen MR) is 99.5 cm³/mol. The molecule has 2 N–H and O–H groups in total. The molecule has 23 heavy (non-hydrogen) atoms. The van der Waals surface area contributed by atoms with E-state index < -0.39 is 5.54 Å². The zero-order valence-electron chi connectivity index (χ0n) is 13.3. The summed E-state index contributed by atoms with van der Waals surface area (Å²) in [4.78, 5) is 13.0. The maximum Gasteiger partial charge on any atom is 0.276 e. The van der Waals surface area contributed by atoms with Crippen molar-refractivity contribution in [3.63, 3.8) is 0 Å². The largest absolute Gasteiger partial charge is 0.321 e. The number of hydrogen-bond acceptors (Lipinski definition) is 2. The zero-order chi connectivity index (χ0) is 16.3. The monoisotopic (exact) mass is 377 g/mol. The second kappa shape index (κ2) is 8.25. The molecule has 0 aliphatic carbocycles. The maximum absolute atomic E-state index is 13.0. The average molecular weight is 379 g/mol. The fourth-order valence-electron chi connectivity index (χ4n) is 2.85. The maximum atomic E-state index is 13.0. The van der Waals surface area contributed by atoms with Crippen LogP contribution in [0.25, 0.3) is 5.69 Å². The van der Waals surface area contributed by atoms with Crippen LogP contribution in [0.15, 0.2) is 35.1 Å². The molecule has 0 unspecified atom stereocenters. The van der Waals surface area contributed by atoms with Crippen molar-refractivity contribution in [3.05, 3.63) is 51.9 Å². The van der Waals surface area contributed by atoms with E-state index in [-0.39, 0.29) is 18.0 Å². The molecular weight excluding hydrogens is 357 g/mol. The second-order valence-electron chi connectivity index (χ2n) is 5.47. The van der Waals surface area contributed by atoms with Crippen LogP contribution in [0.5, 0.6) is 0 Å². The first-order valence-electron chi connectivity index (χ1n) is 7.21. The van der Waals surface area contributed by atoms with Gasteiger partial charge >= 0.3 is 0 Å². The van der Waals surface area contributed by atoms with Crippen LogP contribution in [0.1, 0.15) is 24.1 Å². The molecule has 1 heterocycles. The van der Waals surface area contributed by atoms with Gasteiger partial charge in [0.25, 0.3) is 5.56 Å². The van der Waals surface area contributed by atoms with Gasteiger partial charge in [0.1, 0.15) is 0 Å². The molecule has 0 saturated carbocycles. The molecule has 1 aromatic heterocycles. The van der Waals surface area contributed by atoms with Crippen LogP contribution in [0.2, 0.25) is 0 Å². The van der Waals surface area contributed by atoms with Gasteiger partial charge in [-0.3, -0.25) is 9.48 Å². The summed E-state index contributed by atoms with van der Waals surface area (Å²) in [7, 11) is 1.86. The molecule has 2 rings (SSSR count). The number of halogens is 3. The van der Waals surface area contributed by atoms with E-state index in [1.54, 1.807) is 4.68 Å². The van der Waals surface area contributed by atoms with Gasteiger partial charge in [-0.2, -0.15) is 0 Å². The lowest BCUT2D eigenvalue weighted by Gasteiger charge is -2.27. The number of alkyl halides is 2. The van der Waals surface area contributed by atoms with Gasteiger partial charge in [-0.1, -0.05) is 18.2 Å². The van der Waals surface area contributed by atoms with Crippen LogP contribution in [0.3, 0.4) is 0 Å². The van der Waals surface area contributed by atoms with Gasteiger partial charge < -0.3 is 5.73 Å². The Morgan fingerprint density at radius 1 is 1.13 bits per heavy atom. The molecule has 1 aromatic carbocycles. The molecule has 7 heteroatoms. The first-order chi connectivity index (χ1) is 10.5. The molecule has 0 aliphatic heterocycles. The minimum atomic E-state index is -0.803. The van der Waals surface area contributed by atoms with E-state index in [4.69, 9.17) is 28.9 Å². The lowest BCUT2D eigenvalue weighted by atomic mass is 9.86. The lowest BCUT2D eigenvalue weighted by molar-refractivity contribution is 0.412. The van der Waals surface area contributed by atoms with E-state index in [0.29, 0.717) is 30.2 Å². The molecule has 0 fully saturated rings. The molecular formula is C16H22Cl3N3O. The van der Waals surface area contributed by atoms with Crippen molar-refractivity contribution >= 4 is 35.6 Å². The summed E-state index contributed by atoms with van der Waals surface area (Å²) in [5.41, 5.74) is 7.84. The molecule has 0 saturated heterocycles. The quantitative estimate of drug-likeness (QED) is 0.784. The Morgan fingerprint density at radius 3 is 2.13 bits per heavy atom. The topological polar surface area (TPSA) is 53.0 Å². The number of aromatic nitrogens is 2. The number of rotatable bonds is 6. The van der Waals surface area contributed by atoms with Crippen LogP contribution in [0.4, 0.5) is 0 Å². The molecule has 128 valence electrons. The number of para-hydroxylation sites is 1. The van der Waals surface area contributed by atoms with Crippen LogP contribution in [-0.4, -0.2) is 21.1 Å². The Labute approximate surface area is 152 Å². The zero-order valence-corrected chi connectivity index (χ0v) is 15.6. The summed E-state index contributed by atoms with van der Waals surface area (Å²) < 4.78 is 3.46. The van der Waals surface area contributed by atoms with Crippen molar-refractivity contribution in [2.45, 2.75) is 25.3 Å². The van der Waals surface area contributed by atoms with Gasteiger partial charge in [0.05, 0.1) is 16.8 Å². The smallest absolute Gasteiger partial charge is 0.276 e.